The van der Waals surface area contributed by atoms with E-state index in [-0.39, 0.29) is 6.10 Å². The van der Waals surface area contributed by atoms with Crippen molar-refractivity contribution in [2.45, 2.75) is 111 Å². The Morgan fingerprint density at radius 2 is 1.94 bits per heavy atom. The maximum absolute atomic E-state index is 6.25. The lowest BCUT2D eigenvalue weighted by atomic mass is 9.47. The van der Waals surface area contributed by atoms with Gasteiger partial charge in [0.1, 0.15) is 12.4 Å². The lowest BCUT2D eigenvalue weighted by Crippen LogP contribution is -2.51. The molecule has 3 nitrogen and oxygen atoms in total. The Bertz CT molecular complexity index is 922. The van der Waals surface area contributed by atoms with Gasteiger partial charge in [-0.05, 0) is 104 Å². The van der Waals surface area contributed by atoms with E-state index < -0.39 is 0 Å². The van der Waals surface area contributed by atoms with Gasteiger partial charge in [-0.1, -0.05) is 65.5 Å². The quantitative estimate of drug-likeness (QED) is 0.292. The summed E-state index contributed by atoms with van der Waals surface area (Å²) in [5.74, 6) is 5.34. The number of hydrogen-bond acceptors (Lipinski definition) is 3. The molecule has 0 aliphatic heterocycles. The SMILES string of the molecule is CC(C)CCC[C@@H](C)[C@H]1CCC2C3CC=C4C[C@@H](OC(=S)n5ccnc5)CC[C@]4(C)C3CC[C@@]21C. The molecule has 0 saturated heterocycles. The second kappa shape index (κ2) is 9.95. The van der Waals surface area contributed by atoms with Crippen LogP contribution < -0.4 is 0 Å². The normalized spacial score (nSPS) is 39.4. The molecular formula is C31H48N2OS. The molecule has 194 valence electrons. The Labute approximate surface area is 219 Å². The van der Waals surface area contributed by atoms with Crippen molar-refractivity contribution in [2.75, 3.05) is 0 Å². The van der Waals surface area contributed by atoms with Crippen molar-refractivity contribution in [1.82, 2.24) is 9.55 Å². The van der Waals surface area contributed by atoms with E-state index in [1.165, 1.54) is 57.8 Å². The van der Waals surface area contributed by atoms with Crippen LogP contribution in [0.3, 0.4) is 0 Å². The lowest BCUT2D eigenvalue weighted by Gasteiger charge is -2.58. The van der Waals surface area contributed by atoms with Crippen molar-refractivity contribution in [3.8, 4) is 0 Å². The number of aromatic nitrogens is 2. The van der Waals surface area contributed by atoms with Crippen molar-refractivity contribution >= 4 is 17.4 Å². The summed E-state index contributed by atoms with van der Waals surface area (Å²) < 4.78 is 8.07. The minimum Gasteiger partial charge on any atom is -0.467 e. The van der Waals surface area contributed by atoms with Crippen molar-refractivity contribution in [2.24, 2.45) is 46.3 Å². The first-order valence-corrected chi connectivity index (χ1v) is 15.0. The van der Waals surface area contributed by atoms with Gasteiger partial charge in [0.15, 0.2) is 0 Å². The van der Waals surface area contributed by atoms with Gasteiger partial charge < -0.3 is 4.74 Å². The molecule has 4 heteroatoms. The van der Waals surface area contributed by atoms with E-state index in [1.807, 2.05) is 10.8 Å². The summed E-state index contributed by atoms with van der Waals surface area (Å²) in [5.41, 5.74) is 2.60. The standard InChI is InChI=1S/C31H48N2OS/c1-21(2)7-6-8-22(3)26-11-12-27-25-10-9-23-19-24(34-29(35)33-18-17-32-20-33)13-15-30(23,4)28(25)14-16-31(26,27)5/h9,17-18,20-22,24-28H,6-8,10-16,19H2,1-5H3/t22-,24+,25?,26-,27?,28?,30+,31-/m1/s1. The number of nitrogens with zero attached hydrogens (tertiary/aromatic N) is 2. The second-order valence-corrected chi connectivity index (χ2v) is 13.9. The van der Waals surface area contributed by atoms with Gasteiger partial charge in [0.05, 0.1) is 0 Å². The Morgan fingerprint density at radius 3 is 2.69 bits per heavy atom. The topological polar surface area (TPSA) is 27.1 Å². The molecule has 35 heavy (non-hydrogen) atoms. The summed E-state index contributed by atoms with van der Waals surface area (Å²) in [7, 11) is 0. The summed E-state index contributed by atoms with van der Waals surface area (Å²) >= 11 is 5.54. The predicted molar refractivity (Wildman–Crippen MR) is 148 cm³/mol. The first kappa shape index (κ1) is 25.5. The van der Waals surface area contributed by atoms with Crippen LogP contribution in [-0.4, -0.2) is 20.8 Å². The largest absolute Gasteiger partial charge is 0.467 e. The Morgan fingerprint density at radius 1 is 1.11 bits per heavy atom. The molecule has 4 aliphatic carbocycles. The molecule has 0 amide bonds. The fraction of sp³-hybridized carbons (Fsp3) is 0.806. The van der Waals surface area contributed by atoms with Crippen LogP contribution in [0.15, 0.2) is 30.4 Å². The highest BCUT2D eigenvalue weighted by Crippen LogP contribution is 2.67. The zero-order chi connectivity index (χ0) is 24.8. The highest BCUT2D eigenvalue weighted by atomic mass is 32.1. The second-order valence-electron chi connectivity index (χ2n) is 13.5. The number of rotatable bonds is 6. The average molecular weight is 497 g/mol. The molecule has 3 unspecified atom stereocenters. The van der Waals surface area contributed by atoms with Crippen LogP contribution in [0, 0.1) is 46.3 Å². The van der Waals surface area contributed by atoms with Gasteiger partial charge in [-0.3, -0.25) is 4.57 Å². The van der Waals surface area contributed by atoms with Crippen molar-refractivity contribution in [3.05, 3.63) is 30.4 Å². The summed E-state index contributed by atoms with van der Waals surface area (Å²) in [5, 5.41) is 0.540. The lowest BCUT2D eigenvalue weighted by molar-refractivity contribution is -0.0565. The van der Waals surface area contributed by atoms with Crippen molar-refractivity contribution in [1.29, 1.82) is 0 Å². The van der Waals surface area contributed by atoms with Gasteiger partial charge in [0.2, 0.25) is 0 Å². The third-order valence-corrected chi connectivity index (χ3v) is 11.5. The minimum atomic E-state index is 0.206. The van der Waals surface area contributed by atoms with Crippen LogP contribution in [0.2, 0.25) is 0 Å². The van der Waals surface area contributed by atoms with E-state index in [2.05, 4.69) is 45.7 Å². The molecule has 5 rings (SSSR count). The smallest absolute Gasteiger partial charge is 0.269 e. The Hall–Kier alpha value is -1.16. The van der Waals surface area contributed by atoms with E-state index in [1.54, 1.807) is 18.1 Å². The summed E-state index contributed by atoms with van der Waals surface area (Å²) in [6.45, 7) is 12.6. The van der Waals surface area contributed by atoms with Gasteiger partial charge in [0.25, 0.3) is 5.17 Å². The molecule has 1 heterocycles. The third-order valence-electron chi connectivity index (χ3n) is 11.2. The van der Waals surface area contributed by atoms with Gasteiger partial charge in [-0.2, -0.15) is 0 Å². The summed E-state index contributed by atoms with van der Waals surface area (Å²) in [4.78, 5) is 4.11. The van der Waals surface area contributed by atoms with Crippen LogP contribution in [0.1, 0.15) is 105 Å². The molecule has 0 radical (unpaired) electrons. The Balaban J connectivity index is 1.26. The van der Waals surface area contributed by atoms with E-state index in [9.17, 15) is 0 Å². The summed E-state index contributed by atoms with van der Waals surface area (Å²) in [6.07, 6.45) is 23.0. The van der Waals surface area contributed by atoms with Gasteiger partial charge in [-0.15, -0.1) is 0 Å². The third kappa shape index (κ3) is 4.66. The number of allylic oxidation sites excluding steroid dienone is 1. The molecule has 4 aliphatic rings. The molecule has 3 saturated carbocycles. The molecule has 3 fully saturated rings. The first-order chi connectivity index (χ1) is 16.7. The maximum atomic E-state index is 6.25. The maximum Gasteiger partial charge on any atom is 0.269 e. The molecule has 1 aromatic rings. The van der Waals surface area contributed by atoms with Crippen LogP contribution in [0.5, 0.6) is 0 Å². The van der Waals surface area contributed by atoms with Gasteiger partial charge >= 0.3 is 0 Å². The summed E-state index contributed by atoms with van der Waals surface area (Å²) in [6, 6.07) is 0. The number of hydrogen-bond donors (Lipinski definition) is 0. The molecule has 8 atom stereocenters. The first-order valence-electron chi connectivity index (χ1n) is 14.6. The van der Waals surface area contributed by atoms with Crippen molar-refractivity contribution in [3.63, 3.8) is 0 Å². The van der Waals surface area contributed by atoms with Gasteiger partial charge in [0, 0.05) is 18.8 Å². The molecule has 0 bridgehead atoms. The molecule has 0 N–H and O–H groups in total. The minimum absolute atomic E-state index is 0.206. The fourth-order valence-corrected chi connectivity index (χ4v) is 9.57. The predicted octanol–water partition coefficient (Wildman–Crippen LogP) is 8.44. The van der Waals surface area contributed by atoms with Crippen molar-refractivity contribution < 1.29 is 4.74 Å². The monoisotopic (exact) mass is 496 g/mol. The highest BCUT2D eigenvalue weighted by molar-refractivity contribution is 7.80. The van der Waals surface area contributed by atoms with Gasteiger partial charge in [-0.25, -0.2) is 4.98 Å². The van der Waals surface area contributed by atoms with Crippen LogP contribution in [0.4, 0.5) is 0 Å². The van der Waals surface area contributed by atoms with E-state index in [0.29, 0.717) is 16.0 Å². The fourth-order valence-electron chi connectivity index (χ4n) is 9.32. The molecule has 1 aromatic heterocycles. The molecule has 0 aromatic carbocycles. The average Bonchev–Trinajstić information content (AvgIpc) is 3.47. The number of ether oxygens (including phenoxy) is 1. The number of imidazole rings is 1. The molecule has 0 spiro atoms. The number of thiocarbonyl (C=S) groups is 1. The number of fused-ring (bicyclic) bond motifs is 5. The zero-order valence-electron chi connectivity index (χ0n) is 22.8. The van der Waals surface area contributed by atoms with Crippen LogP contribution in [-0.2, 0) is 4.74 Å². The Kier molecular flexibility index (Phi) is 7.25. The van der Waals surface area contributed by atoms with E-state index >= 15 is 0 Å². The highest BCUT2D eigenvalue weighted by Gasteiger charge is 2.59. The zero-order valence-corrected chi connectivity index (χ0v) is 23.7. The van der Waals surface area contributed by atoms with Crippen LogP contribution in [0.25, 0.3) is 0 Å². The van der Waals surface area contributed by atoms with Crippen LogP contribution >= 0.6 is 12.2 Å². The molecular weight excluding hydrogens is 448 g/mol. The van der Waals surface area contributed by atoms with E-state index in [0.717, 1.165) is 48.3 Å². The van der Waals surface area contributed by atoms with E-state index in [4.69, 9.17) is 17.0 Å².